The van der Waals surface area contributed by atoms with Crippen LogP contribution in [0.15, 0.2) is 24.3 Å². The summed E-state index contributed by atoms with van der Waals surface area (Å²) in [5.74, 6) is 0.638. The Kier molecular flexibility index (Phi) is 4.45. The van der Waals surface area contributed by atoms with Gasteiger partial charge < -0.3 is 9.84 Å². The maximum Gasteiger partial charge on any atom is 0.220 e. The summed E-state index contributed by atoms with van der Waals surface area (Å²) in [5, 5.41) is 14.3. The van der Waals surface area contributed by atoms with Crippen LogP contribution in [0.5, 0.6) is 5.88 Å². The number of para-hydroxylation sites is 1. The summed E-state index contributed by atoms with van der Waals surface area (Å²) >= 11 is 6.20. The second-order valence-electron chi connectivity index (χ2n) is 4.12. The molecule has 0 bridgehead atoms. The largest absolute Gasteiger partial charge is 0.481 e. The molecule has 0 saturated heterocycles. The first-order chi connectivity index (χ1) is 9.22. The summed E-state index contributed by atoms with van der Waals surface area (Å²) in [6.07, 6.45) is 1.31. The van der Waals surface area contributed by atoms with Crippen LogP contribution in [0.1, 0.15) is 18.2 Å². The van der Waals surface area contributed by atoms with Gasteiger partial charge in [-0.3, -0.25) is 0 Å². The molecule has 0 fully saturated rings. The van der Waals surface area contributed by atoms with Gasteiger partial charge in [-0.05, 0) is 18.6 Å². The van der Waals surface area contributed by atoms with Gasteiger partial charge in [0.1, 0.15) is 0 Å². The third-order valence-corrected chi connectivity index (χ3v) is 3.31. The number of methoxy groups -OCH3 is 1. The highest BCUT2D eigenvalue weighted by atomic mass is 35.5. The van der Waals surface area contributed by atoms with Gasteiger partial charge in [-0.2, -0.15) is 9.78 Å². The Bertz CT molecular complexity index is 567. The molecule has 5 heteroatoms. The van der Waals surface area contributed by atoms with Crippen molar-refractivity contribution in [2.75, 3.05) is 13.7 Å². The maximum atomic E-state index is 9.18. The predicted octanol–water partition coefficient (Wildman–Crippen LogP) is 2.63. The molecule has 0 saturated carbocycles. The number of halogens is 1. The Morgan fingerprint density at radius 2 is 2.11 bits per heavy atom. The highest BCUT2D eigenvalue weighted by Crippen LogP contribution is 2.30. The Morgan fingerprint density at radius 3 is 2.68 bits per heavy atom. The zero-order chi connectivity index (χ0) is 13.8. The van der Waals surface area contributed by atoms with E-state index in [2.05, 4.69) is 5.10 Å². The first-order valence-electron chi connectivity index (χ1n) is 6.23. The molecule has 0 aliphatic rings. The molecule has 0 aliphatic heterocycles. The minimum Gasteiger partial charge on any atom is -0.481 e. The van der Waals surface area contributed by atoms with E-state index in [0.29, 0.717) is 17.3 Å². The van der Waals surface area contributed by atoms with Gasteiger partial charge in [-0.1, -0.05) is 30.7 Å². The first-order valence-corrected chi connectivity index (χ1v) is 6.61. The molecule has 2 rings (SSSR count). The molecule has 1 aromatic carbocycles. The zero-order valence-corrected chi connectivity index (χ0v) is 11.8. The molecule has 1 N–H and O–H groups in total. The molecule has 0 atom stereocenters. The third-order valence-electron chi connectivity index (χ3n) is 2.99. The lowest BCUT2D eigenvalue weighted by Gasteiger charge is -2.09. The number of aryl methyl sites for hydroxylation is 1. The summed E-state index contributed by atoms with van der Waals surface area (Å²) in [5.41, 5.74) is 2.64. The number of aliphatic hydroxyl groups is 1. The number of aromatic nitrogens is 2. The average Bonchev–Trinajstić information content (AvgIpc) is 2.77. The molecule has 0 spiro atoms. The normalized spacial score (nSPS) is 10.7. The number of ether oxygens (including phenoxy) is 1. The average molecular weight is 281 g/mol. The van der Waals surface area contributed by atoms with Crippen molar-refractivity contribution in [3.63, 3.8) is 0 Å². The topological polar surface area (TPSA) is 47.3 Å². The van der Waals surface area contributed by atoms with E-state index in [-0.39, 0.29) is 6.61 Å². The van der Waals surface area contributed by atoms with Crippen LogP contribution >= 0.6 is 11.6 Å². The molecule has 19 heavy (non-hydrogen) atoms. The molecule has 0 radical (unpaired) electrons. The molecule has 2 aromatic rings. The van der Waals surface area contributed by atoms with Gasteiger partial charge >= 0.3 is 0 Å². The number of nitrogens with zero attached hydrogens (tertiary/aromatic N) is 2. The Hall–Kier alpha value is -1.52. The zero-order valence-electron chi connectivity index (χ0n) is 11.1. The van der Waals surface area contributed by atoms with Crippen molar-refractivity contribution < 1.29 is 9.84 Å². The molecule has 0 unspecified atom stereocenters. The van der Waals surface area contributed by atoms with Crippen LogP contribution in [0.3, 0.4) is 0 Å². The molecule has 1 aromatic heterocycles. The van der Waals surface area contributed by atoms with Gasteiger partial charge in [0.2, 0.25) is 5.88 Å². The fourth-order valence-corrected chi connectivity index (χ4v) is 2.34. The highest BCUT2D eigenvalue weighted by Gasteiger charge is 2.19. The van der Waals surface area contributed by atoms with Gasteiger partial charge in [0, 0.05) is 18.6 Å². The second-order valence-corrected chi connectivity index (χ2v) is 4.53. The molecule has 0 aliphatic carbocycles. The van der Waals surface area contributed by atoms with E-state index in [1.54, 1.807) is 11.8 Å². The number of hydrogen-bond donors (Lipinski definition) is 1. The molecule has 1 heterocycles. The molecule has 0 amide bonds. The number of aliphatic hydroxyl groups excluding tert-OH is 1. The minimum absolute atomic E-state index is 0.0670. The number of benzene rings is 1. The molecular weight excluding hydrogens is 264 g/mol. The van der Waals surface area contributed by atoms with E-state index >= 15 is 0 Å². The van der Waals surface area contributed by atoms with Crippen molar-refractivity contribution in [3.05, 3.63) is 40.5 Å². The van der Waals surface area contributed by atoms with E-state index < -0.39 is 0 Å². The number of hydrogen-bond acceptors (Lipinski definition) is 3. The van der Waals surface area contributed by atoms with Gasteiger partial charge in [-0.15, -0.1) is 0 Å². The third kappa shape index (κ3) is 2.60. The Balaban J connectivity index is 2.60. The van der Waals surface area contributed by atoms with E-state index in [9.17, 15) is 5.11 Å². The van der Waals surface area contributed by atoms with E-state index in [4.69, 9.17) is 16.3 Å². The van der Waals surface area contributed by atoms with E-state index in [1.165, 1.54) is 0 Å². The fourth-order valence-electron chi connectivity index (χ4n) is 2.12. The van der Waals surface area contributed by atoms with Crippen molar-refractivity contribution in [1.29, 1.82) is 0 Å². The first kappa shape index (κ1) is 13.9. The monoisotopic (exact) mass is 280 g/mol. The van der Waals surface area contributed by atoms with Crippen molar-refractivity contribution in [3.8, 4) is 11.6 Å². The summed E-state index contributed by atoms with van der Waals surface area (Å²) < 4.78 is 7.15. The van der Waals surface area contributed by atoms with Crippen molar-refractivity contribution >= 4 is 11.6 Å². The van der Waals surface area contributed by atoms with Crippen LogP contribution in [0.25, 0.3) is 5.69 Å². The summed E-state index contributed by atoms with van der Waals surface area (Å²) in [6.45, 7) is 2.09. The Labute approximate surface area is 117 Å². The minimum atomic E-state index is 0.0670. The summed E-state index contributed by atoms with van der Waals surface area (Å²) in [4.78, 5) is 0. The molecular formula is C14H17ClN2O2. The van der Waals surface area contributed by atoms with Crippen molar-refractivity contribution in [2.45, 2.75) is 19.8 Å². The SMILES string of the molecule is CCc1nn(-c2ccccc2Cl)c(OC)c1CCO. The summed E-state index contributed by atoms with van der Waals surface area (Å²) in [6, 6.07) is 7.48. The van der Waals surface area contributed by atoms with Gasteiger partial charge in [0.05, 0.1) is 23.5 Å². The van der Waals surface area contributed by atoms with Gasteiger partial charge in [0.15, 0.2) is 0 Å². The van der Waals surface area contributed by atoms with Crippen molar-refractivity contribution in [2.24, 2.45) is 0 Å². The molecule has 4 nitrogen and oxygen atoms in total. The van der Waals surface area contributed by atoms with E-state index in [0.717, 1.165) is 23.4 Å². The molecule has 102 valence electrons. The lowest BCUT2D eigenvalue weighted by molar-refractivity contribution is 0.295. The smallest absolute Gasteiger partial charge is 0.220 e. The van der Waals surface area contributed by atoms with Crippen molar-refractivity contribution in [1.82, 2.24) is 9.78 Å². The van der Waals surface area contributed by atoms with Crippen LogP contribution in [0.4, 0.5) is 0 Å². The van der Waals surface area contributed by atoms with E-state index in [1.807, 2.05) is 31.2 Å². The van der Waals surface area contributed by atoms with Crippen LogP contribution in [-0.2, 0) is 12.8 Å². The van der Waals surface area contributed by atoms with Crippen LogP contribution < -0.4 is 4.74 Å². The predicted molar refractivity (Wildman–Crippen MR) is 75.3 cm³/mol. The lowest BCUT2D eigenvalue weighted by Crippen LogP contribution is -2.02. The lowest BCUT2D eigenvalue weighted by atomic mass is 10.1. The Morgan fingerprint density at radius 1 is 1.37 bits per heavy atom. The van der Waals surface area contributed by atoms with Gasteiger partial charge in [-0.25, -0.2) is 0 Å². The van der Waals surface area contributed by atoms with Crippen LogP contribution in [-0.4, -0.2) is 28.6 Å². The number of rotatable bonds is 5. The summed E-state index contributed by atoms with van der Waals surface area (Å²) in [7, 11) is 1.60. The maximum absolute atomic E-state index is 9.18. The van der Waals surface area contributed by atoms with Crippen LogP contribution in [0.2, 0.25) is 5.02 Å². The van der Waals surface area contributed by atoms with Gasteiger partial charge in [0.25, 0.3) is 0 Å². The quantitative estimate of drug-likeness (QED) is 0.916. The standard InChI is InChI=1S/C14H17ClN2O2/c1-3-12-10(8-9-18)14(19-2)17(16-12)13-7-5-4-6-11(13)15/h4-7,18H,3,8-9H2,1-2H3. The highest BCUT2D eigenvalue weighted by molar-refractivity contribution is 6.32. The fraction of sp³-hybridized carbons (Fsp3) is 0.357. The van der Waals surface area contributed by atoms with Crippen LogP contribution in [0, 0.1) is 0 Å². The second kappa shape index (κ2) is 6.08.